The van der Waals surface area contributed by atoms with Crippen molar-refractivity contribution >= 4 is 16.8 Å². The van der Waals surface area contributed by atoms with Crippen LogP contribution >= 0.6 is 0 Å². The van der Waals surface area contributed by atoms with E-state index in [2.05, 4.69) is 9.88 Å². The van der Waals surface area contributed by atoms with E-state index in [1.807, 2.05) is 4.90 Å². The molecule has 0 radical (unpaired) electrons. The molecular weight excluding hydrogens is 281 g/mol. The van der Waals surface area contributed by atoms with Crippen LogP contribution in [0.1, 0.15) is 23.3 Å². The van der Waals surface area contributed by atoms with Gasteiger partial charge in [0, 0.05) is 31.1 Å². The second kappa shape index (κ2) is 5.32. The predicted octanol–water partition coefficient (Wildman–Crippen LogP) is 2.29. The SMILES string of the molecule is O=C(c1ccc2cc(F)ccc2n1)N1CCN2CCCC2C1. The minimum Gasteiger partial charge on any atom is -0.334 e. The predicted molar refractivity (Wildman–Crippen MR) is 82.2 cm³/mol. The molecule has 0 spiro atoms. The second-order valence-corrected chi connectivity index (χ2v) is 6.12. The first-order valence-corrected chi connectivity index (χ1v) is 7.80. The summed E-state index contributed by atoms with van der Waals surface area (Å²) in [5, 5.41) is 0.720. The van der Waals surface area contributed by atoms with Crippen molar-refractivity contribution in [3.63, 3.8) is 0 Å². The van der Waals surface area contributed by atoms with E-state index in [0.717, 1.165) is 31.6 Å². The van der Waals surface area contributed by atoms with Crippen LogP contribution in [0.2, 0.25) is 0 Å². The van der Waals surface area contributed by atoms with E-state index < -0.39 is 0 Å². The highest BCUT2D eigenvalue weighted by molar-refractivity contribution is 5.95. The average molecular weight is 299 g/mol. The highest BCUT2D eigenvalue weighted by Gasteiger charge is 2.33. The Kier molecular flexibility index (Phi) is 3.30. The van der Waals surface area contributed by atoms with E-state index in [0.29, 0.717) is 17.3 Å². The molecule has 4 nitrogen and oxygen atoms in total. The van der Waals surface area contributed by atoms with E-state index in [1.165, 1.54) is 25.0 Å². The summed E-state index contributed by atoms with van der Waals surface area (Å²) in [6, 6.07) is 8.41. The molecule has 2 fully saturated rings. The molecule has 4 rings (SSSR count). The Hall–Kier alpha value is -2.01. The van der Waals surface area contributed by atoms with Crippen molar-refractivity contribution < 1.29 is 9.18 Å². The van der Waals surface area contributed by atoms with Crippen molar-refractivity contribution in [1.82, 2.24) is 14.8 Å². The fourth-order valence-corrected chi connectivity index (χ4v) is 3.55. The number of benzene rings is 1. The van der Waals surface area contributed by atoms with Crippen LogP contribution in [0.4, 0.5) is 4.39 Å². The number of halogens is 1. The summed E-state index contributed by atoms with van der Waals surface area (Å²) in [4.78, 5) is 21.5. The molecule has 1 unspecified atom stereocenters. The summed E-state index contributed by atoms with van der Waals surface area (Å²) >= 11 is 0. The number of carbonyl (C=O) groups is 1. The van der Waals surface area contributed by atoms with Gasteiger partial charge in [-0.1, -0.05) is 6.07 Å². The van der Waals surface area contributed by atoms with Gasteiger partial charge in [-0.2, -0.15) is 0 Å². The number of aromatic nitrogens is 1. The molecule has 2 aliphatic rings. The normalized spacial score (nSPS) is 22.0. The summed E-state index contributed by atoms with van der Waals surface area (Å²) in [6.07, 6.45) is 2.40. The molecule has 2 saturated heterocycles. The monoisotopic (exact) mass is 299 g/mol. The largest absolute Gasteiger partial charge is 0.334 e. The van der Waals surface area contributed by atoms with Crippen molar-refractivity contribution in [2.45, 2.75) is 18.9 Å². The topological polar surface area (TPSA) is 36.4 Å². The maximum absolute atomic E-state index is 13.2. The van der Waals surface area contributed by atoms with Crippen LogP contribution in [0.3, 0.4) is 0 Å². The Morgan fingerprint density at radius 2 is 2.09 bits per heavy atom. The van der Waals surface area contributed by atoms with Crippen LogP contribution in [-0.4, -0.2) is 52.9 Å². The number of piperazine rings is 1. The van der Waals surface area contributed by atoms with Crippen LogP contribution < -0.4 is 0 Å². The zero-order valence-electron chi connectivity index (χ0n) is 12.3. The van der Waals surface area contributed by atoms with Crippen molar-refractivity contribution in [3.8, 4) is 0 Å². The maximum Gasteiger partial charge on any atom is 0.272 e. The van der Waals surface area contributed by atoms with Crippen molar-refractivity contribution in [2.24, 2.45) is 0 Å². The van der Waals surface area contributed by atoms with Crippen LogP contribution in [-0.2, 0) is 0 Å². The van der Waals surface area contributed by atoms with Crippen LogP contribution in [0.25, 0.3) is 10.9 Å². The molecule has 0 N–H and O–H groups in total. The van der Waals surface area contributed by atoms with Gasteiger partial charge < -0.3 is 4.90 Å². The lowest BCUT2D eigenvalue weighted by atomic mass is 10.1. The van der Waals surface area contributed by atoms with Gasteiger partial charge in [0.05, 0.1) is 5.52 Å². The minimum absolute atomic E-state index is 0.0159. The Bertz CT molecular complexity index is 733. The van der Waals surface area contributed by atoms with Gasteiger partial charge in [-0.25, -0.2) is 9.37 Å². The minimum atomic E-state index is -0.286. The summed E-state index contributed by atoms with van der Waals surface area (Å²) in [5.41, 5.74) is 1.11. The Labute approximate surface area is 128 Å². The van der Waals surface area contributed by atoms with Crippen molar-refractivity contribution in [2.75, 3.05) is 26.2 Å². The standard InChI is InChI=1S/C17H18FN3O/c18-13-4-6-15-12(10-13)3-5-16(19-15)17(22)21-9-8-20-7-1-2-14(20)11-21/h3-6,10,14H,1-2,7-9,11H2. The number of amides is 1. The number of rotatable bonds is 1. The number of carbonyl (C=O) groups excluding carboxylic acids is 1. The van der Waals surface area contributed by atoms with Gasteiger partial charge in [-0.3, -0.25) is 9.69 Å². The van der Waals surface area contributed by atoms with Crippen molar-refractivity contribution in [3.05, 3.63) is 41.8 Å². The number of fused-ring (bicyclic) bond motifs is 2. The Morgan fingerprint density at radius 3 is 3.00 bits per heavy atom. The number of hydrogen-bond donors (Lipinski definition) is 0. The zero-order chi connectivity index (χ0) is 15.1. The average Bonchev–Trinajstić information content (AvgIpc) is 3.01. The molecule has 1 atom stereocenters. The van der Waals surface area contributed by atoms with E-state index in [4.69, 9.17) is 0 Å². The van der Waals surface area contributed by atoms with Crippen LogP contribution in [0, 0.1) is 5.82 Å². The lowest BCUT2D eigenvalue weighted by Gasteiger charge is -2.37. The molecular formula is C17H18FN3O. The molecule has 1 aromatic carbocycles. The molecule has 0 aliphatic carbocycles. The number of pyridine rings is 1. The molecule has 22 heavy (non-hydrogen) atoms. The number of nitrogens with zero attached hydrogens (tertiary/aromatic N) is 3. The number of hydrogen-bond acceptors (Lipinski definition) is 3. The lowest BCUT2D eigenvalue weighted by molar-refractivity contribution is 0.0566. The van der Waals surface area contributed by atoms with Gasteiger partial charge in [0.1, 0.15) is 11.5 Å². The second-order valence-electron chi connectivity index (χ2n) is 6.12. The molecule has 1 amide bonds. The highest BCUT2D eigenvalue weighted by atomic mass is 19.1. The lowest BCUT2D eigenvalue weighted by Crippen LogP contribution is -2.52. The third-order valence-electron chi connectivity index (χ3n) is 4.74. The first-order chi connectivity index (χ1) is 10.7. The molecule has 2 aliphatic heterocycles. The molecule has 1 aromatic heterocycles. The molecule has 0 bridgehead atoms. The van der Waals surface area contributed by atoms with Crippen LogP contribution in [0.15, 0.2) is 30.3 Å². The van der Waals surface area contributed by atoms with Gasteiger partial charge in [-0.15, -0.1) is 0 Å². The van der Waals surface area contributed by atoms with E-state index >= 15 is 0 Å². The smallest absolute Gasteiger partial charge is 0.272 e. The summed E-state index contributed by atoms with van der Waals surface area (Å²) in [7, 11) is 0. The fourth-order valence-electron chi connectivity index (χ4n) is 3.55. The maximum atomic E-state index is 13.2. The van der Waals surface area contributed by atoms with Crippen molar-refractivity contribution in [1.29, 1.82) is 0 Å². The van der Waals surface area contributed by atoms with Gasteiger partial charge in [0.2, 0.25) is 0 Å². The summed E-state index contributed by atoms with van der Waals surface area (Å²) in [5.74, 6) is -0.302. The molecule has 114 valence electrons. The van der Waals surface area contributed by atoms with Gasteiger partial charge in [-0.05, 0) is 43.7 Å². The molecule has 3 heterocycles. The first-order valence-electron chi connectivity index (χ1n) is 7.80. The molecule has 5 heteroatoms. The third-order valence-corrected chi connectivity index (χ3v) is 4.74. The fraction of sp³-hybridized carbons (Fsp3) is 0.412. The Morgan fingerprint density at radius 1 is 1.18 bits per heavy atom. The first kappa shape index (κ1) is 13.6. The van der Waals surface area contributed by atoms with Gasteiger partial charge in [0.15, 0.2) is 0 Å². The van der Waals surface area contributed by atoms with Crippen LogP contribution in [0.5, 0.6) is 0 Å². The van der Waals surface area contributed by atoms with E-state index in [-0.39, 0.29) is 11.7 Å². The van der Waals surface area contributed by atoms with Gasteiger partial charge in [0.25, 0.3) is 5.91 Å². The Balaban J connectivity index is 1.58. The summed E-state index contributed by atoms with van der Waals surface area (Å²) in [6.45, 7) is 3.67. The molecule has 0 saturated carbocycles. The highest BCUT2D eigenvalue weighted by Crippen LogP contribution is 2.23. The third kappa shape index (κ3) is 2.35. The zero-order valence-corrected chi connectivity index (χ0v) is 12.3. The van der Waals surface area contributed by atoms with E-state index in [9.17, 15) is 9.18 Å². The quantitative estimate of drug-likeness (QED) is 0.810. The summed E-state index contributed by atoms with van der Waals surface area (Å²) < 4.78 is 13.2. The molecule has 2 aromatic rings. The van der Waals surface area contributed by atoms with Gasteiger partial charge >= 0.3 is 0 Å². The van der Waals surface area contributed by atoms with E-state index in [1.54, 1.807) is 18.2 Å².